The largest absolute Gasteiger partial charge is 0.457 e. The van der Waals surface area contributed by atoms with Gasteiger partial charge in [-0.15, -0.1) is 0 Å². The predicted octanol–water partition coefficient (Wildman–Crippen LogP) is 4.46. The Balaban J connectivity index is 1.62. The second-order valence-electron chi connectivity index (χ2n) is 5.11. The third-order valence-electron chi connectivity index (χ3n) is 3.32. The molecule has 24 heavy (non-hydrogen) atoms. The number of benzene rings is 2. The maximum absolute atomic E-state index is 12.1. The minimum Gasteiger partial charge on any atom is -0.457 e. The highest BCUT2D eigenvalue weighted by Crippen LogP contribution is 2.21. The number of hydrogen-bond donors (Lipinski definition) is 1. The van der Waals surface area contributed by atoms with Crippen molar-refractivity contribution in [2.75, 3.05) is 0 Å². The molecule has 0 atom stereocenters. The molecule has 3 rings (SSSR count). The van der Waals surface area contributed by atoms with Crippen LogP contribution in [0.5, 0.6) is 11.5 Å². The lowest BCUT2D eigenvalue weighted by Gasteiger charge is -2.09. The van der Waals surface area contributed by atoms with Crippen LogP contribution in [-0.2, 0) is 6.54 Å². The Morgan fingerprint density at radius 1 is 1.00 bits per heavy atom. The molecule has 0 aliphatic rings. The van der Waals surface area contributed by atoms with Gasteiger partial charge in [-0.25, -0.2) is 4.98 Å². The molecule has 1 N–H and O–H groups in total. The number of carbonyl (C=O) groups excluding carboxylic acids is 1. The molecule has 0 unspecified atom stereocenters. The van der Waals surface area contributed by atoms with Crippen LogP contribution in [0.2, 0.25) is 5.15 Å². The van der Waals surface area contributed by atoms with Gasteiger partial charge >= 0.3 is 0 Å². The van der Waals surface area contributed by atoms with Gasteiger partial charge in [0.2, 0.25) is 0 Å². The van der Waals surface area contributed by atoms with Gasteiger partial charge in [-0.05, 0) is 42.0 Å². The van der Waals surface area contributed by atoms with Crippen molar-refractivity contribution in [3.8, 4) is 11.5 Å². The van der Waals surface area contributed by atoms with Crippen molar-refractivity contribution in [1.29, 1.82) is 0 Å². The Morgan fingerprint density at radius 3 is 2.54 bits per heavy atom. The zero-order valence-corrected chi connectivity index (χ0v) is 13.5. The maximum Gasteiger partial charge on any atom is 0.253 e. The van der Waals surface area contributed by atoms with Crippen LogP contribution in [0.3, 0.4) is 0 Å². The normalized spacial score (nSPS) is 10.2. The van der Waals surface area contributed by atoms with Gasteiger partial charge in [0.05, 0.1) is 5.56 Å². The first-order valence-electron chi connectivity index (χ1n) is 7.42. The van der Waals surface area contributed by atoms with E-state index in [4.69, 9.17) is 16.3 Å². The topological polar surface area (TPSA) is 51.2 Å². The summed E-state index contributed by atoms with van der Waals surface area (Å²) in [5.41, 5.74) is 1.41. The lowest BCUT2D eigenvalue weighted by molar-refractivity contribution is 0.0950. The Hall–Kier alpha value is -2.85. The van der Waals surface area contributed by atoms with E-state index in [9.17, 15) is 4.79 Å². The third kappa shape index (κ3) is 4.33. The average molecular weight is 339 g/mol. The second kappa shape index (κ2) is 7.62. The molecule has 2 aromatic carbocycles. The molecular formula is C19H15ClN2O2. The molecule has 0 radical (unpaired) electrons. The molecule has 120 valence electrons. The van der Waals surface area contributed by atoms with Crippen LogP contribution in [0, 0.1) is 0 Å². The van der Waals surface area contributed by atoms with Crippen LogP contribution >= 0.6 is 11.6 Å². The predicted molar refractivity (Wildman–Crippen MR) is 93.4 cm³/mol. The number of pyridine rings is 1. The first kappa shape index (κ1) is 16.0. The van der Waals surface area contributed by atoms with Gasteiger partial charge in [0.15, 0.2) is 0 Å². The Labute approximate surface area is 145 Å². The van der Waals surface area contributed by atoms with Gasteiger partial charge < -0.3 is 10.1 Å². The summed E-state index contributed by atoms with van der Waals surface area (Å²) < 4.78 is 5.79. The highest BCUT2D eigenvalue weighted by Gasteiger charge is 2.06. The number of aromatic nitrogens is 1. The van der Waals surface area contributed by atoms with Gasteiger partial charge in [-0.2, -0.15) is 0 Å². The van der Waals surface area contributed by atoms with E-state index in [-0.39, 0.29) is 5.91 Å². The fourth-order valence-corrected chi connectivity index (χ4v) is 2.25. The van der Waals surface area contributed by atoms with E-state index in [1.54, 1.807) is 12.1 Å². The summed E-state index contributed by atoms with van der Waals surface area (Å²) in [6.07, 6.45) is 1.45. The smallest absolute Gasteiger partial charge is 0.253 e. The summed E-state index contributed by atoms with van der Waals surface area (Å²) in [5, 5.41) is 3.21. The second-order valence-corrected chi connectivity index (χ2v) is 5.50. The number of carbonyl (C=O) groups is 1. The molecule has 0 spiro atoms. The highest BCUT2D eigenvalue weighted by molar-refractivity contribution is 6.29. The number of hydrogen-bond acceptors (Lipinski definition) is 3. The lowest BCUT2D eigenvalue weighted by Crippen LogP contribution is -2.22. The van der Waals surface area contributed by atoms with E-state index in [0.29, 0.717) is 17.3 Å². The standard InChI is InChI=1S/C19H15ClN2O2/c20-18-10-9-15(13-21-18)19(23)22-12-14-5-4-8-17(11-14)24-16-6-2-1-3-7-16/h1-11,13H,12H2,(H,22,23). The molecular weight excluding hydrogens is 324 g/mol. The molecule has 4 nitrogen and oxygen atoms in total. The van der Waals surface area contributed by atoms with E-state index < -0.39 is 0 Å². The zero-order chi connectivity index (χ0) is 16.8. The lowest BCUT2D eigenvalue weighted by atomic mass is 10.2. The summed E-state index contributed by atoms with van der Waals surface area (Å²) in [6.45, 7) is 0.396. The number of nitrogens with one attached hydrogen (secondary N) is 1. The summed E-state index contributed by atoms with van der Waals surface area (Å²) in [4.78, 5) is 16.0. The number of amides is 1. The fraction of sp³-hybridized carbons (Fsp3) is 0.0526. The minimum atomic E-state index is -0.200. The first-order chi connectivity index (χ1) is 11.7. The monoisotopic (exact) mass is 338 g/mol. The van der Waals surface area contributed by atoms with Gasteiger partial charge in [-0.1, -0.05) is 41.9 Å². The molecule has 1 heterocycles. The number of para-hydroxylation sites is 1. The Kier molecular flexibility index (Phi) is 5.08. The number of halogens is 1. The van der Waals surface area contributed by atoms with Crippen molar-refractivity contribution >= 4 is 17.5 Å². The van der Waals surface area contributed by atoms with Gasteiger partial charge in [-0.3, -0.25) is 4.79 Å². The third-order valence-corrected chi connectivity index (χ3v) is 3.54. The first-order valence-corrected chi connectivity index (χ1v) is 7.80. The molecule has 3 aromatic rings. The molecule has 0 saturated carbocycles. The van der Waals surface area contributed by atoms with E-state index in [1.807, 2.05) is 54.6 Å². The van der Waals surface area contributed by atoms with Gasteiger partial charge in [0.1, 0.15) is 16.7 Å². The molecule has 1 aromatic heterocycles. The van der Waals surface area contributed by atoms with Crippen LogP contribution in [0.25, 0.3) is 0 Å². The maximum atomic E-state index is 12.1. The van der Waals surface area contributed by atoms with Gasteiger partial charge in [0, 0.05) is 12.7 Å². The van der Waals surface area contributed by atoms with Crippen molar-refractivity contribution in [3.63, 3.8) is 0 Å². The van der Waals surface area contributed by atoms with Crippen LogP contribution in [0.15, 0.2) is 72.9 Å². The average Bonchev–Trinajstić information content (AvgIpc) is 2.61. The van der Waals surface area contributed by atoms with Crippen molar-refractivity contribution < 1.29 is 9.53 Å². The van der Waals surface area contributed by atoms with Crippen molar-refractivity contribution in [2.45, 2.75) is 6.54 Å². The Morgan fingerprint density at radius 2 is 1.79 bits per heavy atom. The number of ether oxygens (including phenoxy) is 1. The summed E-state index contributed by atoms with van der Waals surface area (Å²) in [7, 11) is 0. The molecule has 0 aliphatic carbocycles. The van der Waals surface area contributed by atoms with E-state index in [0.717, 1.165) is 17.1 Å². The van der Waals surface area contributed by atoms with Crippen LogP contribution in [0.4, 0.5) is 0 Å². The van der Waals surface area contributed by atoms with E-state index in [2.05, 4.69) is 10.3 Å². The zero-order valence-electron chi connectivity index (χ0n) is 12.8. The molecule has 5 heteroatoms. The van der Waals surface area contributed by atoms with Gasteiger partial charge in [0.25, 0.3) is 5.91 Å². The van der Waals surface area contributed by atoms with E-state index in [1.165, 1.54) is 6.20 Å². The Bertz CT molecular complexity index is 820. The fourth-order valence-electron chi connectivity index (χ4n) is 2.14. The molecule has 0 fully saturated rings. The molecule has 0 aliphatic heterocycles. The highest BCUT2D eigenvalue weighted by atomic mass is 35.5. The minimum absolute atomic E-state index is 0.200. The van der Waals surface area contributed by atoms with Crippen molar-refractivity contribution in [1.82, 2.24) is 10.3 Å². The van der Waals surface area contributed by atoms with Crippen LogP contribution < -0.4 is 10.1 Å². The van der Waals surface area contributed by atoms with Crippen molar-refractivity contribution in [2.24, 2.45) is 0 Å². The SMILES string of the molecule is O=C(NCc1cccc(Oc2ccccc2)c1)c1ccc(Cl)nc1. The number of rotatable bonds is 5. The summed E-state index contributed by atoms with van der Waals surface area (Å²) in [5.74, 6) is 1.29. The quantitative estimate of drug-likeness (QED) is 0.699. The van der Waals surface area contributed by atoms with E-state index >= 15 is 0 Å². The van der Waals surface area contributed by atoms with Crippen LogP contribution in [-0.4, -0.2) is 10.9 Å². The van der Waals surface area contributed by atoms with Crippen LogP contribution in [0.1, 0.15) is 15.9 Å². The summed E-state index contributed by atoms with van der Waals surface area (Å²) in [6, 6.07) is 20.4. The van der Waals surface area contributed by atoms with Crippen molar-refractivity contribution in [3.05, 3.63) is 89.2 Å². The number of nitrogens with zero attached hydrogens (tertiary/aromatic N) is 1. The summed E-state index contributed by atoms with van der Waals surface area (Å²) >= 11 is 5.72. The molecule has 0 saturated heterocycles. The molecule has 0 bridgehead atoms. The molecule has 1 amide bonds.